The molecule has 1 rings (SSSR count). The molecule has 0 radical (unpaired) electrons. The summed E-state index contributed by atoms with van der Waals surface area (Å²) in [5, 5.41) is 23.3. The Labute approximate surface area is 199 Å². The maximum atomic E-state index is 11.9. The van der Waals surface area contributed by atoms with Crippen LogP contribution in [0.15, 0.2) is 33.8 Å². The normalized spacial score (nSPS) is 14.0. The highest BCUT2D eigenvalue weighted by atomic mass is 35.5. The largest absolute Gasteiger partial charge is 0.481 e. The predicted molar refractivity (Wildman–Crippen MR) is 128 cm³/mol. The zero-order valence-electron chi connectivity index (χ0n) is 17.6. The predicted octanol–water partition coefficient (Wildman–Crippen LogP) is 2.53. The lowest BCUT2D eigenvalue weighted by Crippen LogP contribution is -2.38. The van der Waals surface area contributed by atoms with Gasteiger partial charge in [0.2, 0.25) is 5.91 Å². The fraction of sp³-hybridized carbons (Fsp3) is 0.400. The summed E-state index contributed by atoms with van der Waals surface area (Å²) in [5.41, 5.74) is 1.21. The van der Waals surface area contributed by atoms with Crippen LogP contribution in [0.3, 0.4) is 0 Å². The number of carboxylic acid groups (broad SMARTS) is 2. The lowest BCUT2D eigenvalue weighted by molar-refractivity contribution is -0.140. The van der Waals surface area contributed by atoms with Gasteiger partial charge in [0.1, 0.15) is 6.04 Å². The van der Waals surface area contributed by atoms with E-state index in [2.05, 4.69) is 28.3 Å². The first kappa shape index (κ1) is 27.8. The van der Waals surface area contributed by atoms with E-state index in [9.17, 15) is 18.6 Å². The van der Waals surface area contributed by atoms with E-state index in [4.69, 9.17) is 21.8 Å². The van der Waals surface area contributed by atoms with Crippen molar-refractivity contribution < 1.29 is 28.8 Å². The summed E-state index contributed by atoms with van der Waals surface area (Å²) in [5.74, 6) is -2.51. The molecule has 1 unspecified atom stereocenters. The van der Waals surface area contributed by atoms with Crippen LogP contribution < -0.4 is 10.6 Å². The SMILES string of the molecule is C/C(N=CNC(=O)CCCN[C@@H](CCC(=O)O)C(=O)O)=C(/S)c1ccc(Cl)c(S(C)=O)c1. The van der Waals surface area contributed by atoms with Crippen molar-refractivity contribution >= 4 is 64.1 Å². The Balaban J connectivity index is 2.53. The van der Waals surface area contributed by atoms with Crippen LogP contribution in [0.2, 0.25) is 5.02 Å². The maximum absolute atomic E-state index is 11.9. The summed E-state index contributed by atoms with van der Waals surface area (Å²) in [6.07, 6.45) is 2.97. The molecule has 12 heteroatoms. The van der Waals surface area contributed by atoms with Crippen molar-refractivity contribution in [2.45, 2.75) is 43.5 Å². The lowest BCUT2D eigenvalue weighted by atomic mass is 10.1. The fourth-order valence-electron chi connectivity index (χ4n) is 2.52. The van der Waals surface area contributed by atoms with E-state index in [-0.39, 0.29) is 31.7 Å². The monoisotopic (exact) mass is 503 g/mol. The number of nitrogens with zero attached hydrogens (tertiary/aromatic N) is 1. The van der Waals surface area contributed by atoms with Crippen LogP contribution in [0.5, 0.6) is 0 Å². The number of halogens is 1. The van der Waals surface area contributed by atoms with Crippen molar-refractivity contribution in [1.82, 2.24) is 10.6 Å². The third-order valence-electron chi connectivity index (χ3n) is 4.26. The van der Waals surface area contributed by atoms with Crippen LogP contribution >= 0.6 is 24.2 Å². The zero-order chi connectivity index (χ0) is 24.3. The van der Waals surface area contributed by atoms with E-state index in [1.165, 1.54) is 12.6 Å². The van der Waals surface area contributed by atoms with E-state index in [1.54, 1.807) is 25.1 Å². The summed E-state index contributed by atoms with van der Waals surface area (Å²) in [4.78, 5) is 38.7. The van der Waals surface area contributed by atoms with Gasteiger partial charge in [0.15, 0.2) is 0 Å². The zero-order valence-corrected chi connectivity index (χ0v) is 20.1. The number of rotatable bonds is 13. The molecule has 0 aliphatic rings. The Morgan fingerprint density at radius 3 is 2.56 bits per heavy atom. The van der Waals surface area contributed by atoms with E-state index >= 15 is 0 Å². The van der Waals surface area contributed by atoms with Crippen molar-refractivity contribution in [3.05, 3.63) is 34.5 Å². The van der Waals surface area contributed by atoms with Gasteiger partial charge in [-0.1, -0.05) is 17.7 Å². The van der Waals surface area contributed by atoms with Crippen LogP contribution in [-0.4, -0.2) is 57.4 Å². The highest BCUT2D eigenvalue weighted by molar-refractivity contribution is 7.90. The number of hydrogen-bond acceptors (Lipinski definition) is 7. The number of carbonyl (C=O) groups is 3. The minimum atomic E-state index is -1.25. The van der Waals surface area contributed by atoms with Crippen LogP contribution in [0.4, 0.5) is 0 Å². The number of aliphatic imine (C=N–C) groups is 1. The van der Waals surface area contributed by atoms with E-state index in [0.717, 1.165) is 0 Å². The van der Waals surface area contributed by atoms with Crippen LogP contribution in [-0.2, 0) is 25.2 Å². The number of aliphatic carboxylic acids is 2. The fourth-order valence-corrected chi connectivity index (χ4v) is 3.80. The molecule has 1 aromatic rings. The third-order valence-corrected chi connectivity index (χ3v) is 6.24. The third kappa shape index (κ3) is 9.94. The molecule has 0 saturated carbocycles. The van der Waals surface area contributed by atoms with E-state index < -0.39 is 28.8 Å². The number of hydrogen-bond donors (Lipinski definition) is 5. The van der Waals surface area contributed by atoms with Gasteiger partial charge < -0.3 is 20.8 Å². The molecule has 176 valence electrons. The molecule has 0 bridgehead atoms. The molecule has 4 N–H and O–H groups in total. The molecule has 0 saturated heterocycles. The number of benzene rings is 1. The van der Waals surface area contributed by atoms with Gasteiger partial charge in [0, 0.05) is 24.0 Å². The molecule has 1 aromatic carbocycles. The summed E-state index contributed by atoms with van der Waals surface area (Å²) in [6, 6.07) is 4.06. The average molecular weight is 504 g/mol. The maximum Gasteiger partial charge on any atom is 0.320 e. The van der Waals surface area contributed by atoms with Crippen LogP contribution in [0.25, 0.3) is 4.91 Å². The minimum Gasteiger partial charge on any atom is -0.481 e. The Morgan fingerprint density at radius 1 is 1.28 bits per heavy atom. The highest BCUT2D eigenvalue weighted by Gasteiger charge is 2.17. The van der Waals surface area contributed by atoms with Crippen molar-refractivity contribution in [3.63, 3.8) is 0 Å². The quantitative estimate of drug-likeness (QED) is 0.120. The minimum absolute atomic E-state index is 0.0372. The van der Waals surface area contributed by atoms with Gasteiger partial charge in [0.25, 0.3) is 0 Å². The first-order valence-corrected chi connectivity index (χ1v) is 11.9. The topological polar surface area (TPSA) is 145 Å². The summed E-state index contributed by atoms with van der Waals surface area (Å²) < 4.78 is 11.7. The lowest BCUT2D eigenvalue weighted by Gasteiger charge is -2.12. The number of nitrogens with one attached hydrogen (secondary N) is 2. The Hall–Kier alpha value is -2.21. The Bertz CT molecular complexity index is 936. The highest BCUT2D eigenvalue weighted by Crippen LogP contribution is 2.28. The number of carboxylic acids is 2. The van der Waals surface area contributed by atoms with Gasteiger partial charge in [0.05, 0.1) is 32.8 Å². The van der Waals surface area contributed by atoms with Crippen molar-refractivity contribution in [2.75, 3.05) is 12.8 Å². The van der Waals surface area contributed by atoms with Crippen LogP contribution in [0.1, 0.15) is 38.2 Å². The molecule has 9 nitrogen and oxygen atoms in total. The molecule has 32 heavy (non-hydrogen) atoms. The van der Waals surface area contributed by atoms with Gasteiger partial charge in [-0.15, -0.1) is 12.6 Å². The molecular formula is C20H26ClN3O6S2. The van der Waals surface area contributed by atoms with Crippen LogP contribution in [0, 0.1) is 0 Å². The Morgan fingerprint density at radius 2 is 1.97 bits per heavy atom. The van der Waals surface area contributed by atoms with Gasteiger partial charge in [-0.2, -0.15) is 0 Å². The summed E-state index contributed by atoms with van der Waals surface area (Å²) in [6.45, 7) is 1.95. The summed E-state index contributed by atoms with van der Waals surface area (Å²) in [7, 11) is -1.25. The number of amides is 1. The molecule has 0 fully saturated rings. The molecule has 0 aromatic heterocycles. The van der Waals surface area contributed by atoms with E-state index in [0.29, 0.717) is 32.5 Å². The van der Waals surface area contributed by atoms with Gasteiger partial charge >= 0.3 is 11.9 Å². The molecule has 0 aliphatic carbocycles. The van der Waals surface area contributed by atoms with Gasteiger partial charge in [-0.05, 0) is 44.0 Å². The standard InChI is InChI=1S/C20H26ClN3O6S2/c1-12(19(31)13-5-6-14(21)16(10-13)32(2)30)23-11-24-17(25)4-3-9-22-15(20(28)29)7-8-18(26)27/h5-6,10-11,15,22,31H,3-4,7-9H2,1-2H3,(H,26,27)(H,28,29)(H,23,24,25)/b19-12-/t15-,32?/m0/s1. The van der Waals surface area contributed by atoms with E-state index in [1.807, 2.05) is 0 Å². The first-order valence-electron chi connectivity index (χ1n) is 9.56. The number of allylic oxidation sites excluding steroid dienone is 1. The molecule has 2 atom stereocenters. The first-order chi connectivity index (χ1) is 15.0. The Kier molecular flexibility index (Phi) is 12.2. The molecule has 0 heterocycles. The van der Waals surface area contributed by atoms with Gasteiger partial charge in [-0.3, -0.25) is 18.6 Å². The second kappa shape index (κ2) is 14.0. The second-order valence-electron chi connectivity index (χ2n) is 6.74. The second-order valence-corrected chi connectivity index (χ2v) is 8.94. The summed E-state index contributed by atoms with van der Waals surface area (Å²) >= 11 is 10.5. The van der Waals surface area contributed by atoms with Crippen molar-refractivity contribution in [1.29, 1.82) is 0 Å². The van der Waals surface area contributed by atoms with Crippen molar-refractivity contribution in [2.24, 2.45) is 4.99 Å². The molecule has 1 amide bonds. The van der Waals surface area contributed by atoms with Crippen molar-refractivity contribution in [3.8, 4) is 0 Å². The molecule has 0 aliphatic heterocycles. The molecule has 0 spiro atoms. The number of thiol groups is 1. The smallest absolute Gasteiger partial charge is 0.320 e. The average Bonchev–Trinajstić information content (AvgIpc) is 2.72. The number of carbonyl (C=O) groups excluding carboxylic acids is 1. The molecular weight excluding hydrogens is 478 g/mol. The van der Waals surface area contributed by atoms with Gasteiger partial charge in [-0.25, -0.2) is 4.99 Å².